The SMILES string of the molecule is CN(C/C=C(\F)C(F)(F)C(F)(F)C(F)(F)C(F)(F)C(F)(F)C(F)(F)C(F)(F)F)CCCCC[C@H]1C[C@]2(C)[C@@H](O)CC[C@H]2[C@@H]2CCc3cc(O)ccc3[C@@H]12. The molecule has 0 bridgehead atoms. The molecule has 304 valence electrons. The molecule has 19 heteroatoms. The van der Waals surface area contributed by atoms with Crippen LogP contribution >= 0.6 is 0 Å². The van der Waals surface area contributed by atoms with Crippen LogP contribution in [0.3, 0.4) is 0 Å². The number of rotatable bonds is 14. The summed E-state index contributed by atoms with van der Waals surface area (Å²) >= 11 is 0. The molecule has 4 rings (SSSR count). The fourth-order valence-electron chi connectivity index (χ4n) is 8.67. The van der Waals surface area contributed by atoms with Gasteiger partial charge in [-0.1, -0.05) is 25.8 Å². The van der Waals surface area contributed by atoms with Crippen LogP contribution in [0.15, 0.2) is 30.1 Å². The first kappa shape index (κ1) is 43.3. The summed E-state index contributed by atoms with van der Waals surface area (Å²) in [6.07, 6.45) is -2.48. The molecular weight excluding hydrogens is 758 g/mol. The fourth-order valence-corrected chi connectivity index (χ4v) is 8.67. The number of hydrogen-bond donors (Lipinski definition) is 2. The predicted octanol–water partition coefficient (Wildman–Crippen LogP) is 10.6. The van der Waals surface area contributed by atoms with Crippen molar-refractivity contribution in [1.29, 1.82) is 0 Å². The van der Waals surface area contributed by atoms with Gasteiger partial charge in [0.25, 0.3) is 0 Å². The van der Waals surface area contributed by atoms with Gasteiger partial charge in [0.1, 0.15) is 5.75 Å². The molecule has 0 radical (unpaired) electrons. The molecule has 1 aromatic carbocycles. The van der Waals surface area contributed by atoms with Crippen LogP contribution in [0, 0.1) is 23.2 Å². The minimum Gasteiger partial charge on any atom is -0.508 e. The largest absolute Gasteiger partial charge is 0.508 e. The zero-order valence-electron chi connectivity index (χ0n) is 28.4. The number of aliphatic hydroxyl groups excluding tert-OH is 1. The third kappa shape index (κ3) is 7.00. The summed E-state index contributed by atoms with van der Waals surface area (Å²) in [5.41, 5.74) is 1.92. The average Bonchev–Trinajstić information content (AvgIpc) is 3.35. The number of aliphatic hydroxyl groups is 1. The number of allylic oxidation sites excluding steroid dienone is 1. The molecule has 2 N–H and O–H groups in total. The maximum absolute atomic E-state index is 14.2. The first-order valence-corrected chi connectivity index (χ1v) is 16.9. The Bertz CT molecular complexity index is 1500. The van der Waals surface area contributed by atoms with E-state index in [0.29, 0.717) is 43.9 Å². The van der Waals surface area contributed by atoms with Crippen LogP contribution in [0.5, 0.6) is 5.75 Å². The van der Waals surface area contributed by atoms with Crippen molar-refractivity contribution in [3.05, 3.63) is 41.2 Å². The molecule has 3 aliphatic carbocycles. The predicted molar refractivity (Wildman–Crippen MR) is 158 cm³/mol. The summed E-state index contributed by atoms with van der Waals surface area (Å²) in [6.45, 7) is 1.02. The normalized spacial score (nSPS) is 27.8. The highest BCUT2D eigenvalue weighted by Crippen LogP contribution is 2.65. The summed E-state index contributed by atoms with van der Waals surface area (Å²) in [7, 11) is 1.14. The Kier molecular flexibility index (Phi) is 11.6. The van der Waals surface area contributed by atoms with Gasteiger partial charge in [0, 0.05) is 6.54 Å². The van der Waals surface area contributed by atoms with Crippen LogP contribution < -0.4 is 0 Å². The number of alkyl halides is 15. The highest BCUT2D eigenvalue weighted by Gasteiger charge is 2.93. The van der Waals surface area contributed by atoms with E-state index in [-0.39, 0.29) is 29.5 Å². The van der Waals surface area contributed by atoms with Gasteiger partial charge in [0.2, 0.25) is 0 Å². The number of likely N-dealkylation sites (N-methyl/N-ethyl adjacent to an activating group) is 1. The molecule has 1 aromatic rings. The number of phenolic OH excluding ortho intramolecular Hbond substituents is 1. The Labute approximate surface area is 294 Å². The third-order valence-corrected chi connectivity index (χ3v) is 11.6. The molecule has 0 saturated heterocycles. The van der Waals surface area contributed by atoms with E-state index in [2.05, 4.69) is 6.92 Å². The van der Waals surface area contributed by atoms with Gasteiger partial charge in [-0.25, -0.2) is 4.39 Å². The molecule has 0 amide bonds. The second-order valence-electron chi connectivity index (χ2n) is 14.9. The number of benzene rings is 1. The lowest BCUT2D eigenvalue weighted by Gasteiger charge is -2.54. The Morgan fingerprint density at radius 1 is 0.811 bits per heavy atom. The number of halogens is 16. The summed E-state index contributed by atoms with van der Waals surface area (Å²) in [4.78, 5) is 1.03. The number of phenols is 1. The van der Waals surface area contributed by atoms with Gasteiger partial charge >= 0.3 is 41.7 Å². The monoisotopic (exact) mass is 797 g/mol. The quantitative estimate of drug-likeness (QED) is 0.146. The Balaban J connectivity index is 1.37. The van der Waals surface area contributed by atoms with Gasteiger partial charge in [-0.15, -0.1) is 0 Å². The lowest BCUT2D eigenvalue weighted by Crippen LogP contribution is -2.72. The first-order chi connectivity index (χ1) is 24.0. The van der Waals surface area contributed by atoms with Crippen molar-refractivity contribution >= 4 is 0 Å². The number of nitrogens with zero attached hydrogens (tertiary/aromatic N) is 1. The molecule has 6 atom stereocenters. The van der Waals surface area contributed by atoms with E-state index in [4.69, 9.17) is 0 Å². The summed E-state index contributed by atoms with van der Waals surface area (Å²) in [5.74, 6) is -50.7. The highest BCUT2D eigenvalue weighted by atomic mass is 19.4. The van der Waals surface area contributed by atoms with Crippen molar-refractivity contribution in [2.75, 3.05) is 20.1 Å². The van der Waals surface area contributed by atoms with E-state index in [9.17, 15) is 80.5 Å². The van der Waals surface area contributed by atoms with Crippen molar-refractivity contribution < 1.29 is 80.5 Å². The van der Waals surface area contributed by atoms with Crippen molar-refractivity contribution in [2.24, 2.45) is 23.2 Å². The number of hydrogen-bond acceptors (Lipinski definition) is 3. The molecular formula is C34H39F16NO2. The fraction of sp³-hybridized carbons (Fsp3) is 0.765. The number of aromatic hydroxyl groups is 1. The molecule has 2 saturated carbocycles. The zero-order valence-corrected chi connectivity index (χ0v) is 28.4. The van der Waals surface area contributed by atoms with Crippen LogP contribution in [-0.2, 0) is 6.42 Å². The standard InChI is InChI=1S/C34H39F16NO2/c1-27-17-19(26-21-10-8-20(52)16-18(21)7-9-22(26)23(27)11-12-25(27)53)6-4-3-5-14-51(2)15-13-24(35)28(36,37)29(38,39)30(40,41)31(42,43)32(44,45)33(46,47)34(48,49)50/h8,10,13,16,19,22-23,25-26,52-53H,3-7,9,11-12,14-15,17H2,1-2H3/b24-13-/t19-,22-,23-,25-,26+,27-/m0/s1. The van der Waals surface area contributed by atoms with Crippen LogP contribution in [0.25, 0.3) is 0 Å². The van der Waals surface area contributed by atoms with E-state index in [1.807, 2.05) is 6.07 Å². The lowest BCUT2D eigenvalue weighted by atomic mass is 9.51. The Morgan fingerprint density at radius 2 is 1.40 bits per heavy atom. The molecule has 0 heterocycles. The summed E-state index contributed by atoms with van der Waals surface area (Å²) < 4.78 is 216. The number of fused-ring (bicyclic) bond motifs is 5. The maximum atomic E-state index is 14.2. The van der Waals surface area contributed by atoms with E-state index < -0.39 is 66.3 Å². The lowest BCUT2D eigenvalue weighted by molar-refractivity contribution is -0.450. The van der Waals surface area contributed by atoms with Crippen molar-refractivity contribution in [1.82, 2.24) is 4.90 Å². The van der Waals surface area contributed by atoms with Crippen LogP contribution in [0.1, 0.15) is 75.3 Å². The topological polar surface area (TPSA) is 43.7 Å². The first-order valence-electron chi connectivity index (χ1n) is 16.9. The van der Waals surface area contributed by atoms with Gasteiger partial charge < -0.3 is 15.1 Å². The van der Waals surface area contributed by atoms with E-state index >= 15 is 0 Å². The molecule has 0 aromatic heterocycles. The Morgan fingerprint density at radius 3 is 2.00 bits per heavy atom. The van der Waals surface area contributed by atoms with Gasteiger partial charge in [-0.3, -0.25) is 0 Å². The molecule has 3 nitrogen and oxygen atoms in total. The minimum absolute atomic E-state index is 0.0317. The van der Waals surface area contributed by atoms with Crippen LogP contribution in [-0.4, -0.2) is 83.1 Å². The molecule has 0 aliphatic heterocycles. The highest BCUT2D eigenvalue weighted by molar-refractivity contribution is 5.40. The van der Waals surface area contributed by atoms with Gasteiger partial charge in [0.05, 0.1) is 6.10 Å². The molecule has 53 heavy (non-hydrogen) atoms. The van der Waals surface area contributed by atoms with E-state index in [1.165, 1.54) is 0 Å². The molecule has 2 fully saturated rings. The van der Waals surface area contributed by atoms with E-state index in [0.717, 1.165) is 48.8 Å². The van der Waals surface area contributed by atoms with Gasteiger partial charge in [-0.05, 0) is 117 Å². The van der Waals surface area contributed by atoms with E-state index in [1.54, 1.807) is 12.1 Å². The zero-order chi connectivity index (χ0) is 40.4. The Hall–Kier alpha value is -2.44. The summed E-state index contributed by atoms with van der Waals surface area (Å²) in [6, 6.07) is 5.32. The van der Waals surface area contributed by atoms with Crippen molar-refractivity contribution in [2.45, 2.75) is 118 Å². The number of unbranched alkanes of at least 4 members (excludes halogenated alkanes) is 2. The van der Waals surface area contributed by atoms with Crippen LogP contribution in [0.4, 0.5) is 70.2 Å². The minimum atomic E-state index is -8.47. The molecule has 0 spiro atoms. The third-order valence-electron chi connectivity index (χ3n) is 11.6. The van der Waals surface area contributed by atoms with Gasteiger partial charge in [0.15, 0.2) is 5.83 Å². The van der Waals surface area contributed by atoms with Crippen molar-refractivity contribution in [3.63, 3.8) is 0 Å². The summed E-state index contributed by atoms with van der Waals surface area (Å²) in [5, 5.41) is 20.9. The number of aryl methyl sites for hydroxylation is 1. The van der Waals surface area contributed by atoms with Crippen LogP contribution in [0.2, 0.25) is 0 Å². The second kappa shape index (κ2) is 14.3. The average molecular weight is 798 g/mol. The van der Waals surface area contributed by atoms with Crippen molar-refractivity contribution in [3.8, 4) is 5.75 Å². The van der Waals surface area contributed by atoms with Gasteiger partial charge in [-0.2, -0.15) is 65.9 Å². The molecule has 3 aliphatic rings. The molecule has 0 unspecified atom stereocenters. The second-order valence-corrected chi connectivity index (χ2v) is 14.9. The maximum Gasteiger partial charge on any atom is 0.460 e. The smallest absolute Gasteiger partial charge is 0.460 e.